The normalized spacial score (nSPS) is 13.6. The van der Waals surface area contributed by atoms with Gasteiger partial charge in [0.25, 0.3) is 5.91 Å². The van der Waals surface area contributed by atoms with Crippen molar-refractivity contribution >= 4 is 17.3 Å². The number of hydrogen-bond acceptors (Lipinski definition) is 3. The summed E-state index contributed by atoms with van der Waals surface area (Å²) in [5.74, 6) is 0.342. The Morgan fingerprint density at radius 2 is 2.10 bits per heavy atom. The predicted molar refractivity (Wildman–Crippen MR) is 79.1 cm³/mol. The summed E-state index contributed by atoms with van der Waals surface area (Å²) in [7, 11) is 1.72. The number of nitrogens with one attached hydrogen (secondary N) is 1. The maximum Gasteiger partial charge on any atom is 0.264 e. The van der Waals surface area contributed by atoms with E-state index in [4.69, 9.17) is 4.74 Å². The van der Waals surface area contributed by atoms with Crippen molar-refractivity contribution in [3.05, 3.63) is 53.8 Å². The second-order valence-electron chi connectivity index (χ2n) is 4.87. The van der Waals surface area contributed by atoms with Gasteiger partial charge in [-0.2, -0.15) is 0 Å². The molecule has 1 amide bonds. The predicted octanol–water partition coefficient (Wildman–Crippen LogP) is 2.79. The van der Waals surface area contributed by atoms with Crippen molar-refractivity contribution in [2.75, 3.05) is 23.9 Å². The van der Waals surface area contributed by atoms with Crippen molar-refractivity contribution in [1.29, 1.82) is 0 Å². The summed E-state index contributed by atoms with van der Waals surface area (Å²) in [6.45, 7) is 0.431. The van der Waals surface area contributed by atoms with Gasteiger partial charge in [-0.15, -0.1) is 0 Å². The number of hydrogen-bond donors (Lipinski definition) is 1. The number of halogens is 1. The lowest BCUT2D eigenvalue weighted by Crippen LogP contribution is -2.35. The average molecular weight is 286 g/mol. The summed E-state index contributed by atoms with van der Waals surface area (Å²) in [5, 5.41) is 3.15. The third-order valence-electron chi connectivity index (χ3n) is 3.49. The highest BCUT2D eigenvalue weighted by Crippen LogP contribution is 2.33. The second kappa shape index (κ2) is 5.44. The Balaban J connectivity index is 1.76. The fraction of sp³-hybridized carbons (Fsp3) is 0.188. The van der Waals surface area contributed by atoms with Crippen LogP contribution >= 0.6 is 0 Å². The maximum absolute atomic E-state index is 13.6. The number of rotatable bonds is 3. The first-order valence-electron chi connectivity index (χ1n) is 6.66. The van der Waals surface area contributed by atoms with E-state index in [2.05, 4.69) is 5.32 Å². The quantitative estimate of drug-likeness (QED) is 0.943. The molecule has 0 aliphatic carbocycles. The van der Waals surface area contributed by atoms with Gasteiger partial charge in [-0.25, -0.2) is 4.39 Å². The van der Waals surface area contributed by atoms with Gasteiger partial charge in [0.1, 0.15) is 11.6 Å². The van der Waals surface area contributed by atoms with Gasteiger partial charge in [0.15, 0.2) is 6.61 Å². The molecule has 1 N–H and O–H groups in total. The van der Waals surface area contributed by atoms with Crippen LogP contribution < -0.4 is 15.0 Å². The van der Waals surface area contributed by atoms with E-state index in [1.807, 2.05) is 18.2 Å². The summed E-state index contributed by atoms with van der Waals surface area (Å²) in [6.07, 6.45) is 0. The first-order chi connectivity index (χ1) is 10.1. The van der Waals surface area contributed by atoms with Crippen molar-refractivity contribution in [3.8, 4) is 5.75 Å². The van der Waals surface area contributed by atoms with Gasteiger partial charge in [-0.05, 0) is 18.2 Å². The molecule has 3 rings (SSSR count). The van der Waals surface area contributed by atoms with E-state index in [1.54, 1.807) is 30.1 Å². The van der Waals surface area contributed by atoms with Crippen molar-refractivity contribution in [2.24, 2.45) is 0 Å². The zero-order chi connectivity index (χ0) is 14.8. The number of amides is 1. The van der Waals surface area contributed by atoms with Crippen molar-refractivity contribution < 1.29 is 13.9 Å². The Labute approximate surface area is 122 Å². The second-order valence-corrected chi connectivity index (χ2v) is 4.87. The number of nitrogens with zero attached hydrogens (tertiary/aromatic N) is 1. The smallest absolute Gasteiger partial charge is 0.264 e. The van der Waals surface area contributed by atoms with E-state index >= 15 is 0 Å². The van der Waals surface area contributed by atoms with Gasteiger partial charge >= 0.3 is 0 Å². The number of carbonyl (C=O) groups is 1. The lowest BCUT2D eigenvalue weighted by Gasteiger charge is -2.26. The van der Waals surface area contributed by atoms with Crippen LogP contribution in [0.1, 0.15) is 5.56 Å². The molecule has 0 saturated heterocycles. The Morgan fingerprint density at radius 1 is 1.29 bits per heavy atom. The molecule has 0 aromatic heterocycles. The fourth-order valence-electron chi connectivity index (χ4n) is 2.23. The van der Waals surface area contributed by atoms with Crippen molar-refractivity contribution in [2.45, 2.75) is 6.54 Å². The highest BCUT2D eigenvalue weighted by Gasteiger charge is 2.22. The molecule has 0 unspecified atom stereocenters. The largest absolute Gasteiger partial charge is 0.481 e. The Bertz CT molecular complexity index is 688. The van der Waals surface area contributed by atoms with Crippen LogP contribution in [-0.2, 0) is 11.3 Å². The van der Waals surface area contributed by atoms with Crippen LogP contribution in [0.4, 0.5) is 15.8 Å². The summed E-state index contributed by atoms with van der Waals surface area (Å²) in [4.78, 5) is 13.1. The molecule has 0 atom stereocenters. The first kappa shape index (κ1) is 13.4. The van der Waals surface area contributed by atoms with Crippen LogP contribution in [0, 0.1) is 5.82 Å². The molecular weight excluding hydrogens is 271 g/mol. The van der Waals surface area contributed by atoms with E-state index in [0.717, 1.165) is 11.4 Å². The Hall–Kier alpha value is -2.56. The van der Waals surface area contributed by atoms with E-state index < -0.39 is 0 Å². The number of ether oxygens (including phenoxy) is 1. The molecular formula is C16H15FN2O2. The topological polar surface area (TPSA) is 41.6 Å². The number of benzene rings is 2. The number of carbonyl (C=O) groups excluding carboxylic acids is 1. The van der Waals surface area contributed by atoms with Gasteiger partial charge in [0, 0.05) is 30.9 Å². The van der Waals surface area contributed by atoms with E-state index in [1.165, 1.54) is 6.07 Å². The molecule has 2 aromatic carbocycles. The summed E-state index contributed by atoms with van der Waals surface area (Å²) < 4.78 is 19.0. The van der Waals surface area contributed by atoms with E-state index in [-0.39, 0.29) is 18.3 Å². The minimum absolute atomic E-state index is 0.0419. The minimum Gasteiger partial charge on any atom is -0.481 e. The van der Waals surface area contributed by atoms with Crippen LogP contribution in [0.2, 0.25) is 0 Å². The average Bonchev–Trinajstić information content (AvgIpc) is 2.50. The Kier molecular flexibility index (Phi) is 3.48. The molecule has 0 spiro atoms. The Morgan fingerprint density at radius 3 is 2.90 bits per heavy atom. The molecule has 0 saturated carbocycles. The molecule has 5 heteroatoms. The molecule has 0 radical (unpaired) electrons. The monoisotopic (exact) mass is 286 g/mol. The van der Waals surface area contributed by atoms with Crippen LogP contribution in [0.15, 0.2) is 42.5 Å². The number of anilines is 2. The van der Waals surface area contributed by atoms with Crippen molar-refractivity contribution in [1.82, 2.24) is 0 Å². The van der Waals surface area contributed by atoms with E-state index in [0.29, 0.717) is 17.9 Å². The SMILES string of the molecule is CN1C(=O)COc2cc(NCc3ccccc3F)ccc21. The van der Waals surface area contributed by atoms with E-state index in [9.17, 15) is 9.18 Å². The summed E-state index contributed by atoms with van der Waals surface area (Å²) in [5.41, 5.74) is 2.16. The minimum atomic E-state index is -0.232. The zero-order valence-corrected chi connectivity index (χ0v) is 11.6. The summed E-state index contributed by atoms with van der Waals surface area (Å²) >= 11 is 0. The standard InChI is InChI=1S/C16H15FN2O2/c1-19-14-7-6-12(8-15(14)21-10-16(19)20)18-9-11-4-2-3-5-13(11)17/h2-8,18H,9-10H2,1H3. The van der Waals surface area contributed by atoms with Gasteiger partial charge in [0.2, 0.25) is 0 Å². The van der Waals surface area contributed by atoms with Crippen LogP contribution in [0.5, 0.6) is 5.75 Å². The highest BCUT2D eigenvalue weighted by molar-refractivity contribution is 5.97. The van der Waals surface area contributed by atoms with Crippen LogP contribution in [0.25, 0.3) is 0 Å². The molecule has 1 heterocycles. The third-order valence-corrected chi connectivity index (χ3v) is 3.49. The van der Waals surface area contributed by atoms with Crippen LogP contribution in [-0.4, -0.2) is 19.6 Å². The highest BCUT2D eigenvalue weighted by atomic mass is 19.1. The first-order valence-corrected chi connectivity index (χ1v) is 6.66. The molecule has 0 fully saturated rings. The fourth-order valence-corrected chi connectivity index (χ4v) is 2.23. The van der Waals surface area contributed by atoms with Crippen molar-refractivity contribution in [3.63, 3.8) is 0 Å². The zero-order valence-electron chi connectivity index (χ0n) is 11.6. The lowest BCUT2D eigenvalue weighted by molar-refractivity contribution is -0.120. The number of fused-ring (bicyclic) bond motifs is 1. The molecule has 1 aliphatic rings. The number of likely N-dealkylation sites (N-methyl/N-ethyl adjacent to an activating group) is 1. The molecule has 108 valence electrons. The van der Waals surface area contributed by atoms with Crippen LogP contribution in [0.3, 0.4) is 0 Å². The molecule has 4 nitrogen and oxygen atoms in total. The molecule has 2 aromatic rings. The molecule has 1 aliphatic heterocycles. The maximum atomic E-state index is 13.6. The molecule has 21 heavy (non-hydrogen) atoms. The summed E-state index contributed by atoms with van der Waals surface area (Å²) in [6, 6.07) is 12.1. The van der Waals surface area contributed by atoms with Gasteiger partial charge in [0.05, 0.1) is 5.69 Å². The third kappa shape index (κ3) is 2.67. The lowest BCUT2D eigenvalue weighted by atomic mass is 10.2. The molecule has 0 bridgehead atoms. The van der Waals surface area contributed by atoms with Gasteiger partial charge < -0.3 is 15.0 Å². The van der Waals surface area contributed by atoms with Gasteiger partial charge in [-0.1, -0.05) is 18.2 Å². The van der Waals surface area contributed by atoms with Gasteiger partial charge in [-0.3, -0.25) is 4.79 Å².